The largest absolute Gasteiger partial charge is 0.369 e. The number of ketones is 1. The van der Waals surface area contributed by atoms with Crippen LogP contribution in [0.2, 0.25) is 5.02 Å². The zero-order valence-corrected chi connectivity index (χ0v) is 25.1. The number of nitrogens with one attached hydrogen (secondary N) is 3. The lowest BCUT2D eigenvalue weighted by molar-refractivity contribution is -0.115. The number of carbonyl (C=O) groups excluding carboxylic acids is 3. The Bertz CT molecular complexity index is 1800. The fraction of sp³-hybridized carbons (Fsp3) is 0.176. The lowest BCUT2D eigenvalue weighted by Gasteiger charge is -2.34. The minimum Gasteiger partial charge on any atom is -0.369 e. The molecule has 1 fully saturated rings. The first-order valence-corrected chi connectivity index (χ1v) is 14.8. The van der Waals surface area contributed by atoms with Gasteiger partial charge in [-0.05, 0) is 73.3 Å². The molecule has 0 saturated carbocycles. The van der Waals surface area contributed by atoms with Gasteiger partial charge in [0.2, 0.25) is 5.91 Å². The highest BCUT2D eigenvalue weighted by Crippen LogP contribution is 2.33. The van der Waals surface area contributed by atoms with Crippen molar-refractivity contribution in [2.24, 2.45) is 4.99 Å². The number of piperazine rings is 1. The molecular weight excluding hydrogens is 595 g/mol. The summed E-state index contributed by atoms with van der Waals surface area (Å²) in [6.07, 6.45) is 1.63. The predicted molar refractivity (Wildman–Crippen MR) is 176 cm³/mol. The third-order valence-electron chi connectivity index (χ3n) is 7.84. The molecule has 0 radical (unpaired) electrons. The van der Waals surface area contributed by atoms with E-state index in [0.29, 0.717) is 22.5 Å². The summed E-state index contributed by atoms with van der Waals surface area (Å²) in [7, 11) is 2.13. The number of hydrogen-bond acceptors (Lipinski definition) is 6. The van der Waals surface area contributed by atoms with Gasteiger partial charge in [0, 0.05) is 65.6 Å². The number of likely N-dealkylation sites (N-methyl/N-ethyl adjacent to an activating group) is 1. The van der Waals surface area contributed by atoms with E-state index in [-0.39, 0.29) is 22.4 Å². The monoisotopic (exact) mass is 624 g/mol. The number of carbonyl (C=O) groups is 3. The molecule has 0 aromatic heterocycles. The Morgan fingerprint density at radius 3 is 2.44 bits per heavy atom. The number of rotatable bonds is 7. The van der Waals surface area contributed by atoms with E-state index >= 15 is 0 Å². The van der Waals surface area contributed by atoms with Gasteiger partial charge in [-0.1, -0.05) is 35.9 Å². The fourth-order valence-corrected chi connectivity index (χ4v) is 5.49. The van der Waals surface area contributed by atoms with Crippen molar-refractivity contribution in [2.75, 3.05) is 54.1 Å². The standard InChI is InChI=1S/C34H30ClFN6O3/c1-41-13-15-42(16-14-41)26-9-7-24(8-10-26)37-20-28-27-11-5-22(18-31(27)39-33(28)44)32(43)21-3-2-4-25(17-21)38-34(45)40-30-12-6-23(35)19-29(30)36/h2-12,17-20,28H,13-16H2,1H3,(H,39,44)(H2,38,40,45). The van der Waals surface area contributed by atoms with Crippen LogP contribution in [0.5, 0.6) is 0 Å². The fourth-order valence-electron chi connectivity index (χ4n) is 5.33. The van der Waals surface area contributed by atoms with Gasteiger partial charge in [-0.15, -0.1) is 0 Å². The van der Waals surface area contributed by atoms with Crippen LogP contribution in [0, 0.1) is 5.82 Å². The Morgan fingerprint density at radius 2 is 1.69 bits per heavy atom. The molecule has 3 N–H and O–H groups in total. The minimum atomic E-state index is -0.681. The van der Waals surface area contributed by atoms with Gasteiger partial charge in [-0.3, -0.25) is 14.6 Å². The van der Waals surface area contributed by atoms with Crippen molar-refractivity contribution in [3.63, 3.8) is 0 Å². The number of fused-ring (bicyclic) bond motifs is 1. The van der Waals surface area contributed by atoms with E-state index in [1.807, 2.05) is 12.1 Å². The van der Waals surface area contributed by atoms with E-state index < -0.39 is 17.8 Å². The van der Waals surface area contributed by atoms with Gasteiger partial charge in [0.15, 0.2) is 5.78 Å². The molecule has 228 valence electrons. The molecule has 11 heteroatoms. The average molecular weight is 625 g/mol. The number of urea groups is 1. The van der Waals surface area contributed by atoms with Crippen LogP contribution >= 0.6 is 11.6 Å². The van der Waals surface area contributed by atoms with Gasteiger partial charge < -0.3 is 25.8 Å². The predicted octanol–water partition coefficient (Wildman–Crippen LogP) is 6.54. The highest BCUT2D eigenvalue weighted by Gasteiger charge is 2.30. The van der Waals surface area contributed by atoms with Crippen molar-refractivity contribution in [1.29, 1.82) is 0 Å². The molecule has 0 aliphatic carbocycles. The molecule has 6 rings (SSSR count). The van der Waals surface area contributed by atoms with Crippen LogP contribution in [0.4, 0.5) is 37.6 Å². The molecule has 2 heterocycles. The van der Waals surface area contributed by atoms with E-state index in [9.17, 15) is 18.8 Å². The number of hydrogen-bond donors (Lipinski definition) is 3. The van der Waals surface area contributed by atoms with Gasteiger partial charge >= 0.3 is 6.03 Å². The number of aliphatic imine (C=N–C) groups is 1. The second-order valence-corrected chi connectivity index (χ2v) is 11.4. The maximum absolute atomic E-state index is 14.0. The SMILES string of the molecule is CN1CCN(c2ccc(N=CC3C(=O)Nc4cc(C(=O)c5cccc(NC(=O)Nc6ccc(Cl)cc6F)c5)ccc43)cc2)CC1. The molecule has 2 aliphatic heterocycles. The molecule has 0 bridgehead atoms. The zero-order valence-electron chi connectivity index (χ0n) is 24.4. The first kappa shape index (κ1) is 30.0. The lowest BCUT2D eigenvalue weighted by Crippen LogP contribution is -2.44. The van der Waals surface area contributed by atoms with E-state index in [4.69, 9.17) is 11.6 Å². The summed E-state index contributed by atoms with van der Waals surface area (Å²) in [5.41, 5.74) is 4.19. The minimum absolute atomic E-state index is 0.0354. The van der Waals surface area contributed by atoms with Crippen LogP contribution in [0.25, 0.3) is 0 Å². The van der Waals surface area contributed by atoms with Crippen molar-refractivity contribution >= 4 is 64.0 Å². The Balaban J connectivity index is 1.11. The summed E-state index contributed by atoms with van der Waals surface area (Å²) in [4.78, 5) is 47.8. The smallest absolute Gasteiger partial charge is 0.323 e. The molecular formula is C34H30ClFN6O3. The van der Waals surface area contributed by atoms with Crippen molar-refractivity contribution in [2.45, 2.75) is 5.92 Å². The molecule has 1 atom stereocenters. The second-order valence-electron chi connectivity index (χ2n) is 11.0. The lowest BCUT2D eigenvalue weighted by atomic mass is 9.97. The van der Waals surface area contributed by atoms with E-state index in [1.165, 1.54) is 18.2 Å². The number of benzene rings is 4. The van der Waals surface area contributed by atoms with E-state index in [1.54, 1.807) is 42.6 Å². The number of halogens is 2. The summed E-state index contributed by atoms with van der Waals surface area (Å²) in [6, 6.07) is 22.7. The summed E-state index contributed by atoms with van der Waals surface area (Å²) < 4.78 is 14.0. The molecule has 3 amide bonds. The van der Waals surface area contributed by atoms with E-state index in [2.05, 4.69) is 49.9 Å². The first-order valence-electron chi connectivity index (χ1n) is 14.4. The first-order chi connectivity index (χ1) is 21.7. The number of nitrogens with zero attached hydrogens (tertiary/aromatic N) is 3. The van der Waals surface area contributed by atoms with E-state index in [0.717, 1.165) is 49.2 Å². The molecule has 9 nitrogen and oxygen atoms in total. The average Bonchev–Trinajstić information content (AvgIpc) is 3.35. The summed E-state index contributed by atoms with van der Waals surface area (Å²) in [5, 5.41) is 8.09. The van der Waals surface area contributed by atoms with Crippen LogP contribution < -0.4 is 20.9 Å². The molecule has 4 aromatic carbocycles. The molecule has 0 spiro atoms. The summed E-state index contributed by atoms with van der Waals surface area (Å²) in [5.74, 6) is -1.77. The summed E-state index contributed by atoms with van der Waals surface area (Å²) >= 11 is 5.76. The molecule has 1 saturated heterocycles. The van der Waals surface area contributed by atoms with Gasteiger partial charge in [0.05, 0.1) is 11.4 Å². The zero-order chi connectivity index (χ0) is 31.5. The third kappa shape index (κ3) is 6.87. The molecule has 2 aliphatic rings. The highest BCUT2D eigenvalue weighted by molar-refractivity contribution is 6.30. The molecule has 1 unspecified atom stereocenters. The van der Waals surface area contributed by atoms with Crippen LogP contribution in [0.1, 0.15) is 27.4 Å². The third-order valence-corrected chi connectivity index (χ3v) is 8.08. The Morgan fingerprint density at radius 1 is 0.933 bits per heavy atom. The van der Waals surface area contributed by atoms with Gasteiger partial charge in [-0.2, -0.15) is 0 Å². The van der Waals surface area contributed by atoms with Gasteiger partial charge in [0.25, 0.3) is 0 Å². The normalized spacial score (nSPS) is 16.4. The molecule has 4 aromatic rings. The quantitative estimate of drug-likeness (QED) is 0.160. The maximum atomic E-state index is 14.0. The Kier molecular flexibility index (Phi) is 8.59. The highest BCUT2D eigenvalue weighted by atomic mass is 35.5. The van der Waals surface area contributed by atoms with Crippen molar-refractivity contribution in [3.8, 4) is 0 Å². The number of anilines is 4. The van der Waals surface area contributed by atoms with Crippen LogP contribution in [0.15, 0.2) is 89.9 Å². The molecule has 45 heavy (non-hydrogen) atoms. The van der Waals surface area contributed by atoms with Crippen LogP contribution in [0.3, 0.4) is 0 Å². The Labute approximate surface area is 264 Å². The maximum Gasteiger partial charge on any atom is 0.323 e. The van der Waals surface area contributed by atoms with Crippen molar-refractivity contribution in [1.82, 2.24) is 4.90 Å². The topological polar surface area (TPSA) is 106 Å². The summed E-state index contributed by atoms with van der Waals surface area (Å²) in [6.45, 7) is 4.02. The van der Waals surface area contributed by atoms with Crippen LogP contribution in [-0.2, 0) is 4.79 Å². The second kappa shape index (κ2) is 12.9. The van der Waals surface area contributed by atoms with Gasteiger partial charge in [0.1, 0.15) is 11.7 Å². The Hall–Kier alpha value is -5.06. The van der Waals surface area contributed by atoms with Crippen molar-refractivity contribution < 1.29 is 18.8 Å². The van der Waals surface area contributed by atoms with Crippen LogP contribution in [-0.4, -0.2) is 62.1 Å². The van der Waals surface area contributed by atoms with Crippen molar-refractivity contribution in [3.05, 3.63) is 112 Å². The number of amides is 3. The van der Waals surface area contributed by atoms with Gasteiger partial charge in [-0.25, -0.2) is 9.18 Å².